The standard InChI is InChI=1S/C10H3F2N4.C9H4F2N3.C9H6N3.C8H3F2N4.4C8H7N4.4Ir/c11-8-2-1-6(9(12)7(8)3-13)10-15-4-14-5-16-10;10-6-1-2-7(8(11)3-6)9-13-4-12-5-14-9;1-2-4-8(5-3-1)9-11-6-10-7-12-9;9-6-2-1-5(7(10)14-6)8-12-3-11-4-13-8;4*1-11-6-10-12(7-11)8-3-2-4-9-5-8;;;;/h2,4-5H;1,3-5H;1-4,6-7H;2-4H;4*2,4-6H,1H3;;;;/q4*-1;4*+1;;;;. The first-order chi connectivity index (χ1) is 50.7. The minimum atomic E-state index is -1.02. The summed E-state index contributed by atoms with van der Waals surface area (Å²) in [5.41, 5.74) is 3.18. The van der Waals surface area contributed by atoms with Crippen LogP contribution in [0.2, 0.25) is 0 Å². The maximum absolute atomic E-state index is 13.6. The zero-order valence-corrected chi connectivity index (χ0v) is 65.1. The third kappa shape index (κ3) is 26.8. The van der Waals surface area contributed by atoms with Gasteiger partial charge in [0.25, 0.3) is 0 Å². The van der Waals surface area contributed by atoms with E-state index in [1.807, 2.05) is 52.5 Å². The van der Waals surface area contributed by atoms with Gasteiger partial charge < -0.3 is 19.9 Å². The van der Waals surface area contributed by atoms with E-state index in [4.69, 9.17) is 5.26 Å². The van der Waals surface area contributed by atoms with Crippen molar-refractivity contribution < 1.29 is 144 Å². The molecule has 108 heavy (non-hydrogen) atoms. The van der Waals surface area contributed by atoms with Gasteiger partial charge in [-0.15, -0.1) is 109 Å². The van der Waals surface area contributed by atoms with Crippen LogP contribution in [-0.4, -0.2) is 199 Å². The maximum Gasteiger partial charge on any atom is 0.420 e. The summed E-state index contributed by atoms with van der Waals surface area (Å²) >= 11 is 0. The number of hydrogen-bond donors (Lipinski definition) is 0. The van der Waals surface area contributed by atoms with E-state index in [1.54, 1.807) is 136 Å². The van der Waals surface area contributed by atoms with E-state index in [9.17, 15) is 26.3 Å². The second-order valence-electron chi connectivity index (χ2n) is 19.4. The number of aromatic nitrogens is 17. The number of nitriles is 1. The van der Waals surface area contributed by atoms with E-state index >= 15 is 0 Å². The van der Waals surface area contributed by atoms with Crippen LogP contribution in [0.15, 0.2) is 193 Å². The molecular weight excluding hydrogens is 2120 g/mol. The molecule has 12 aromatic rings. The summed E-state index contributed by atoms with van der Waals surface area (Å²) in [6.07, 6.45) is 30.3. The first-order valence-electron chi connectivity index (χ1n) is 29.2. The molecule has 544 valence electrons. The summed E-state index contributed by atoms with van der Waals surface area (Å²) in [5, 5.41) is 24.7. The summed E-state index contributed by atoms with van der Waals surface area (Å²) in [7, 11) is 7.44. The molecule has 40 heteroatoms. The molecule has 0 amide bonds. The summed E-state index contributed by atoms with van der Waals surface area (Å²) in [6.45, 7) is 0. The molecule has 0 atom stereocenters. The van der Waals surface area contributed by atoms with Gasteiger partial charge in [-0.05, 0) is 24.8 Å². The van der Waals surface area contributed by atoms with Gasteiger partial charge in [0.05, 0.1) is 59.7 Å². The minimum absolute atomic E-state index is 0. The van der Waals surface area contributed by atoms with Crippen molar-refractivity contribution in [2.24, 2.45) is 20.4 Å². The molecule has 3 aromatic carbocycles. The Hall–Kier alpha value is -12.7. The second kappa shape index (κ2) is 45.5. The molecule has 30 nitrogen and oxygen atoms in total. The zero-order valence-electron chi connectivity index (χ0n) is 55.5. The summed E-state index contributed by atoms with van der Waals surface area (Å²) in [6, 6.07) is 53.4. The molecule has 0 bridgehead atoms. The smallest absolute Gasteiger partial charge is 0.386 e. The molecule has 4 aliphatic rings. The number of hydrazone groups is 4. The Morgan fingerprint density at radius 2 is 0.750 bits per heavy atom. The van der Waals surface area contributed by atoms with Crippen LogP contribution in [0.5, 0.6) is 0 Å². The number of hydrogen-bond acceptors (Lipinski definition) is 22. The van der Waals surface area contributed by atoms with Crippen LogP contribution in [0, 0.1) is 95.0 Å². The molecule has 0 fully saturated rings. The van der Waals surface area contributed by atoms with Gasteiger partial charge in [-0.25, -0.2) is 28.7 Å². The molecule has 4 aliphatic heterocycles. The van der Waals surface area contributed by atoms with Crippen molar-refractivity contribution in [1.29, 1.82) is 5.26 Å². The fourth-order valence-corrected chi connectivity index (χ4v) is 7.44. The van der Waals surface area contributed by atoms with Crippen LogP contribution in [0.3, 0.4) is 0 Å². The Labute approximate surface area is 663 Å². The average Bonchev–Trinajstić information content (AvgIpc) is 1.05. The van der Waals surface area contributed by atoms with E-state index < -0.39 is 40.7 Å². The van der Waals surface area contributed by atoms with E-state index in [2.05, 4.69) is 178 Å². The van der Waals surface area contributed by atoms with Gasteiger partial charge in [0.1, 0.15) is 113 Å². The van der Waals surface area contributed by atoms with E-state index in [-0.39, 0.29) is 115 Å². The van der Waals surface area contributed by atoms with Crippen LogP contribution >= 0.6 is 0 Å². The van der Waals surface area contributed by atoms with Crippen molar-refractivity contribution in [1.82, 2.24) is 84.7 Å². The van der Waals surface area contributed by atoms with Crippen molar-refractivity contribution in [3.8, 4) is 51.6 Å². The van der Waals surface area contributed by atoms with Crippen molar-refractivity contribution in [3.05, 3.63) is 262 Å². The van der Waals surface area contributed by atoms with Crippen LogP contribution < -0.4 is 0 Å². The largest absolute Gasteiger partial charge is 0.420 e. The fourth-order valence-electron chi connectivity index (χ4n) is 7.44. The summed E-state index contributed by atoms with van der Waals surface area (Å²) in [5.74, 6) is -4.45. The third-order valence-corrected chi connectivity index (χ3v) is 12.0. The number of pyridine rings is 5. The van der Waals surface area contributed by atoms with Gasteiger partial charge in [0.15, 0.2) is 0 Å². The molecule has 13 heterocycles. The van der Waals surface area contributed by atoms with Gasteiger partial charge in [-0.3, -0.25) is 62.4 Å². The van der Waals surface area contributed by atoms with Gasteiger partial charge in [-0.2, -0.15) is 29.5 Å². The Kier molecular flexibility index (Phi) is 36.2. The van der Waals surface area contributed by atoms with Gasteiger partial charge >= 0.3 is 49.4 Å². The molecule has 0 unspecified atom stereocenters. The Balaban J connectivity index is 0.000000220. The van der Waals surface area contributed by atoms with Crippen molar-refractivity contribution >= 4 is 72.1 Å². The van der Waals surface area contributed by atoms with Crippen LogP contribution in [0.4, 0.5) is 49.1 Å². The first kappa shape index (κ1) is 86.0. The summed E-state index contributed by atoms with van der Waals surface area (Å²) in [4.78, 5) is 63.4. The molecule has 0 aliphatic carbocycles. The number of nitrogens with zero attached hydrogens (tertiary/aromatic N) is 30. The van der Waals surface area contributed by atoms with E-state index in [0.29, 0.717) is 5.82 Å². The van der Waals surface area contributed by atoms with Crippen LogP contribution in [-0.2, 0) is 80.4 Å². The quantitative estimate of drug-likeness (QED) is 0.0666. The topological polar surface area (TPSA) is 316 Å². The molecule has 4 radical (unpaired) electrons. The molecular formula is C68H44F6Ir4N30. The second-order valence-corrected chi connectivity index (χ2v) is 19.4. The van der Waals surface area contributed by atoms with Crippen molar-refractivity contribution in [2.45, 2.75) is 0 Å². The van der Waals surface area contributed by atoms with Crippen LogP contribution in [0.1, 0.15) is 5.56 Å². The SMILES string of the molecule is C[N+]1=C=[N+](c2[c-]ccnc2)N=C1.C[N+]1=C=[N+](c2[c-]ccnc2)N=C1.C[N+]1=C=[N+](c2[c-]ccnc2)N=C1.C[N+]1=C=[N+](c2[c-]ccnc2)N=C1.Fc1c[c-]c(-c2ncncn2)c(F)c1.Fc1c[c-]c(-c2ncncn2)c(F)n1.N#Cc1c(F)c[c-]c(-c2ncncn2)c1F.[Ir].[Ir].[Ir].[Ir].[c-]1ccccc1-c1ncncn1. The number of rotatable bonds is 8. The van der Waals surface area contributed by atoms with Gasteiger partial charge in [-0.1, -0.05) is 53.6 Å². The van der Waals surface area contributed by atoms with Gasteiger partial charge in [0.2, 0.25) is 20.4 Å². The predicted octanol–water partition coefficient (Wildman–Crippen LogP) is 6.64. The first-order valence-corrected chi connectivity index (χ1v) is 29.2. The van der Waals surface area contributed by atoms with E-state index in [1.165, 1.54) is 56.7 Å². The van der Waals surface area contributed by atoms with Crippen molar-refractivity contribution in [3.63, 3.8) is 0 Å². The predicted molar refractivity (Wildman–Crippen MR) is 349 cm³/mol. The summed E-state index contributed by atoms with van der Waals surface area (Å²) < 4.78 is 91.1. The molecule has 0 saturated heterocycles. The Morgan fingerprint density at radius 3 is 1.07 bits per heavy atom. The van der Waals surface area contributed by atoms with Gasteiger partial charge in [0, 0.05) is 97.6 Å². The monoisotopic (exact) mass is 2170 g/mol. The van der Waals surface area contributed by atoms with Crippen molar-refractivity contribution in [2.75, 3.05) is 28.2 Å². The maximum atomic E-state index is 13.6. The molecule has 0 saturated carbocycles. The average molecular weight is 2160 g/mol. The molecule has 9 aromatic heterocycles. The molecule has 0 spiro atoms. The van der Waals surface area contributed by atoms with E-state index in [0.717, 1.165) is 52.6 Å². The number of halogens is 6. The fraction of sp³-hybridized carbons (Fsp3) is 0.0588. The normalized spacial score (nSPS) is 11.6. The third-order valence-electron chi connectivity index (χ3n) is 12.0. The Morgan fingerprint density at radius 1 is 0.389 bits per heavy atom. The molecule has 0 N–H and O–H groups in total. The zero-order chi connectivity index (χ0) is 73.3. The molecule has 16 rings (SSSR count). The Bertz CT molecular complexity index is 4940. The number of benzene rings is 3. The minimum Gasteiger partial charge on any atom is -0.386 e. The van der Waals surface area contributed by atoms with Crippen LogP contribution in [0.25, 0.3) is 45.6 Å².